The number of non-ortho nitro benzene ring substituents is 1. The topological polar surface area (TPSA) is 110 Å². The quantitative estimate of drug-likeness (QED) is 0.627. The van der Waals surface area contributed by atoms with Gasteiger partial charge >= 0.3 is 5.97 Å². The first kappa shape index (κ1) is 15.1. The van der Waals surface area contributed by atoms with Gasteiger partial charge in [-0.25, -0.2) is 0 Å². The van der Waals surface area contributed by atoms with Gasteiger partial charge in [-0.3, -0.25) is 19.7 Å². The molecule has 102 valence electrons. The number of rotatable bonds is 5. The molecule has 19 heavy (non-hydrogen) atoms. The van der Waals surface area contributed by atoms with E-state index in [0.717, 1.165) is 0 Å². The molecule has 0 unspecified atom stereocenters. The van der Waals surface area contributed by atoms with E-state index >= 15 is 0 Å². The number of nitrogens with zero attached hydrogens (tertiary/aromatic N) is 1. The Morgan fingerprint density at radius 2 is 2.16 bits per heavy atom. The molecule has 1 rings (SSSR count). The lowest BCUT2D eigenvalue weighted by molar-refractivity contribution is -0.384. The standard InChI is InChI=1S/C11H11BrN2O5/c1-6(11(16)17)13-10(15)4-7-2-3-8(14(18)19)5-9(7)12/h2-3,5-6H,4H2,1H3,(H,13,15)(H,16,17)/t6-/m1/s1. The van der Waals surface area contributed by atoms with Crippen molar-refractivity contribution in [1.82, 2.24) is 5.32 Å². The molecule has 0 heterocycles. The van der Waals surface area contributed by atoms with Crippen LogP contribution in [-0.4, -0.2) is 27.9 Å². The number of aliphatic carboxylic acids is 1. The summed E-state index contributed by atoms with van der Waals surface area (Å²) in [7, 11) is 0. The van der Waals surface area contributed by atoms with Crippen LogP contribution in [0.5, 0.6) is 0 Å². The smallest absolute Gasteiger partial charge is 0.325 e. The van der Waals surface area contributed by atoms with Crippen molar-refractivity contribution in [3.63, 3.8) is 0 Å². The van der Waals surface area contributed by atoms with E-state index in [2.05, 4.69) is 21.2 Å². The van der Waals surface area contributed by atoms with Crippen molar-refractivity contribution in [1.29, 1.82) is 0 Å². The Hall–Kier alpha value is -1.96. The van der Waals surface area contributed by atoms with Crippen LogP contribution in [0.3, 0.4) is 0 Å². The lowest BCUT2D eigenvalue weighted by atomic mass is 10.1. The van der Waals surface area contributed by atoms with E-state index in [1.165, 1.54) is 25.1 Å². The van der Waals surface area contributed by atoms with E-state index in [9.17, 15) is 19.7 Å². The Kier molecular flexibility index (Phi) is 4.99. The number of halogens is 1. The molecule has 7 nitrogen and oxygen atoms in total. The third kappa shape index (κ3) is 4.32. The number of benzene rings is 1. The van der Waals surface area contributed by atoms with Crippen molar-refractivity contribution in [2.24, 2.45) is 0 Å². The summed E-state index contributed by atoms with van der Waals surface area (Å²) in [6.45, 7) is 1.35. The molecule has 0 aliphatic heterocycles. The van der Waals surface area contributed by atoms with Crippen LogP contribution >= 0.6 is 15.9 Å². The van der Waals surface area contributed by atoms with Crippen LogP contribution in [0.1, 0.15) is 12.5 Å². The minimum Gasteiger partial charge on any atom is -0.480 e. The number of amides is 1. The summed E-state index contributed by atoms with van der Waals surface area (Å²) < 4.78 is 0.430. The van der Waals surface area contributed by atoms with Crippen LogP contribution in [0.4, 0.5) is 5.69 Å². The van der Waals surface area contributed by atoms with Gasteiger partial charge in [-0.2, -0.15) is 0 Å². The molecular formula is C11H11BrN2O5. The maximum Gasteiger partial charge on any atom is 0.325 e. The lowest BCUT2D eigenvalue weighted by Gasteiger charge is -2.09. The third-order valence-electron chi connectivity index (χ3n) is 2.35. The predicted molar refractivity (Wildman–Crippen MR) is 69.7 cm³/mol. The number of hydrogen-bond donors (Lipinski definition) is 2. The maximum atomic E-state index is 11.6. The molecule has 0 aliphatic carbocycles. The van der Waals surface area contributed by atoms with Gasteiger partial charge in [-0.05, 0) is 12.5 Å². The van der Waals surface area contributed by atoms with E-state index in [1.54, 1.807) is 0 Å². The first-order chi connectivity index (χ1) is 8.81. The highest BCUT2D eigenvalue weighted by Crippen LogP contribution is 2.23. The fourth-order valence-corrected chi connectivity index (χ4v) is 1.83. The highest BCUT2D eigenvalue weighted by molar-refractivity contribution is 9.10. The molecule has 2 N–H and O–H groups in total. The summed E-state index contributed by atoms with van der Waals surface area (Å²) in [5, 5.41) is 21.5. The molecule has 0 saturated heterocycles. The molecule has 0 aliphatic rings. The molecule has 8 heteroatoms. The maximum absolute atomic E-state index is 11.6. The summed E-state index contributed by atoms with van der Waals surface area (Å²) in [4.78, 5) is 32.2. The second kappa shape index (κ2) is 6.28. The second-order valence-corrected chi connectivity index (χ2v) is 4.69. The van der Waals surface area contributed by atoms with Crippen LogP contribution in [0.2, 0.25) is 0 Å². The van der Waals surface area contributed by atoms with Crippen molar-refractivity contribution < 1.29 is 19.6 Å². The molecule has 0 fully saturated rings. The normalized spacial score (nSPS) is 11.7. The van der Waals surface area contributed by atoms with Crippen LogP contribution in [0, 0.1) is 10.1 Å². The largest absolute Gasteiger partial charge is 0.480 e. The predicted octanol–water partition coefficient (Wildman–Crippen LogP) is 1.49. The summed E-state index contributed by atoms with van der Waals surface area (Å²) >= 11 is 3.14. The van der Waals surface area contributed by atoms with E-state index in [-0.39, 0.29) is 12.1 Å². The Morgan fingerprint density at radius 3 is 2.63 bits per heavy atom. The SMILES string of the molecule is C[C@@H](NC(=O)Cc1ccc([N+](=O)[O-])cc1Br)C(=O)O. The fourth-order valence-electron chi connectivity index (χ4n) is 1.32. The van der Waals surface area contributed by atoms with Gasteiger partial charge in [0.05, 0.1) is 11.3 Å². The summed E-state index contributed by atoms with van der Waals surface area (Å²) in [5.41, 5.74) is 0.454. The van der Waals surface area contributed by atoms with Crippen molar-refractivity contribution in [3.05, 3.63) is 38.3 Å². The van der Waals surface area contributed by atoms with Gasteiger partial charge in [0, 0.05) is 16.6 Å². The molecule has 0 radical (unpaired) electrons. The Morgan fingerprint density at radius 1 is 1.53 bits per heavy atom. The molecule has 0 saturated carbocycles. The average Bonchev–Trinajstić information content (AvgIpc) is 2.31. The molecule has 1 atom stereocenters. The summed E-state index contributed by atoms with van der Waals surface area (Å²) in [6, 6.07) is 3.05. The number of carbonyl (C=O) groups excluding carboxylic acids is 1. The number of nitrogens with one attached hydrogen (secondary N) is 1. The molecule has 0 spiro atoms. The van der Waals surface area contributed by atoms with Gasteiger partial charge in [0.25, 0.3) is 5.69 Å². The zero-order valence-electron chi connectivity index (χ0n) is 9.92. The van der Waals surface area contributed by atoms with Gasteiger partial charge in [0.2, 0.25) is 5.91 Å². The number of hydrogen-bond acceptors (Lipinski definition) is 4. The van der Waals surface area contributed by atoms with Gasteiger partial charge in [-0.15, -0.1) is 0 Å². The summed E-state index contributed by atoms with van der Waals surface area (Å²) in [5.74, 6) is -1.60. The number of carboxylic acid groups (broad SMARTS) is 1. The molecule has 1 aromatic carbocycles. The number of nitro benzene ring substituents is 1. The molecule has 0 bridgehead atoms. The van der Waals surface area contributed by atoms with Crippen LogP contribution < -0.4 is 5.32 Å². The van der Waals surface area contributed by atoms with E-state index in [1.807, 2.05) is 0 Å². The van der Waals surface area contributed by atoms with Gasteiger partial charge in [-0.1, -0.05) is 22.0 Å². The van der Waals surface area contributed by atoms with Gasteiger partial charge in [0.1, 0.15) is 6.04 Å². The number of carboxylic acids is 1. The van der Waals surface area contributed by atoms with Gasteiger partial charge < -0.3 is 10.4 Å². The highest BCUT2D eigenvalue weighted by atomic mass is 79.9. The molecule has 1 aromatic rings. The fraction of sp³-hybridized carbons (Fsp3) is 0.273. The zero-order valence-corrected chi connectivity index (χ0v) is 11.5. The first-order valence-corrected chi connectivity index (χ1v) is 6.05. The van der Waals surface area contributed by atoms with Gasteiger partial charge in [0.15, 0.2) is 0 Å². The second-order valence-electron chi connectivity index (χ2n) is 3.84. The van der Waals surface area contributed by atoms with Crippen LogP contribution in [-0.2, 0) is 16.0 Å². The van der Waals surface area contributed by atoms with Crippen molar-refractivity contribution >= 4 is 33.5 Å². The van der Waals surface area contributed by atoms with Crippen LogP contribution in [0.25, 0.3) is 0 Å². The minimum absolute atomic E-state index is 0.0593. The zero-order chi connectivity index (χ0) is 14.6. The molecular weight excluding hydrogens is 320 g/mol. The Bertz CT molecular complexity index is 532. The van der Waals surface area contributed by atoms with Crippen molar-refractivity contribution in [3.8, 4) is 0 Å². The molecule has 0 aromatic heterocycles. The van der Waals surface area contributed by atoms with Crippen LogP contribution in [0.15, 0.2) is 22.7 Å². The first-order valence-electron chi connectivity index (χ1n) is 5.26. The molecule has 1 amide bonds. The monoisotopic (exact) mass is 330 g/mol. The number of nitro groups is 1. The van der Waals surface area contributed by atoms with Crippen molar-refractivity contribution in [2.75, 3.05) is 0 Å². The van der Waals surface area contributed by atoms with E-state index in [0.29, 0.717) is 10.0 Å². The minimum atomic E-state index is -1.13. The summed E-state index contributed by atoms with van der Waals surface area (Å²) in [6.07, 6.45) is -0.0593. The number of carbonyl (C=O) groups is 2. The average molecular weight is 331 g/mol. The third-order valence-corrected chi connectivity index (χ3v) is 3.08. The van der Waals surface area contributed by atoms with Crippen molar-refractivity contribution in [2.45, 2.75) is 19.4 Å². The Labute approximate surface area is 116 Å². The van der Waals surface area contributed by atoms with E-state index in [4.69, 9.17) is 5.11 Å². The lowest BCUT2D eigenvalue weighted by Crippen LogP contribution is -2.39. The Balaban J connectivity index is 2.75. The highest BCUT2D eigenvalue weighted by Gasteiger charge is 2.16. The van der Waals surface area contributed by atoms with E-state index < -0.39 is 22.8 Å².